The maximum atomic E-state index is 13.4. The molecule has 0 saturated heterocycles. The number of aliphatic hydroxyl groups is 1. The predicted molar refractivity (Wildman–Crippen MR) is 73.1 cm³/mol. The van der Waals surface area contributed by atoms with Gasteiger partial charge in [0.25, 0.3) is 0 Å². The van der Waals surface area contributed by atoms with Crippen molar-refractivity contribution >= 4 is 0 Å². The van der Waals surface area contributed by atoms with Gasteiger partial charge < -0.3 is 10.4 Å². The number of hydrogen-bond acceptors (Lipinski definition) is 2. The van der Waals surface area contributed by atoms with Crippen molar-refractivity contribution in [3.8, 4) is 0 Å². The van der Waals surface area contributed by atoms with Crippen LogP contribution >= 0.6 is 0 Å². The smallest absolute Gasteiger partial charge is 0.126 e. The van der Waals surface area contributed by atoms with Crippen LogP contribution in [0, 0.1) is 5.82 Å². The van der Waals surface area contributed by atoms with Crippen LogP contribution in [0.5, 0.6) is 0 Å². The van der Waals surface area contributed by atoms with Crippen molar-refractivity contribution in [3.63, 3.8) is 0 Å². The molecule has 2 atom stereocenters. The van der Waals surface area contributed by atoms with Crippen molar-refractivity contribution in [2.45, 2.75) is 51.7 Å². The Morgan fingerprint density at radius 3 is 2.67 bits per heavy atom. The van der Waals surface area contributed by atoms with Gasteiger partial charge in [0.2, 0.25) is 0 Å². The SMILES string of the molecule is CCC(O)CCNC(C)CCc1ccccc1F. The number of aryl methyl sites for hydroxylation is 1. The topological polar surface area (TPSA) is 32.3 Å². The molecule has 18 heavy (non-hydrogen) atoms. The van der Waals surface area contributed by atoms with Crippen LogP contribution in [0.25, 0.3) is 0 Å². The van der Waals surface area contributed by atoms with E-state index in [9.17, 15) is 9.50 Å². The molecule has 0 fully saturated rings. The molecule has 102 valence electrons. The maximum absolute atomic E-state index is 13.4. The first kappa shape index (κ1) is 15.1. The molecule has 3 heteroatoms. The predicted octanol–water partition coefficient (Wildman–Crippen LogP) is 2.90. The highest BCUT2D eigenvalue weighted by atomic mass is 19.1. The van der Waals surface area contributed by atoms with Gasteiger partial charge in [-0.1, -0.05) is 25.1 Å². The van der Waals surface area contributed by atoms with Crippen molar-refractivity contribution in [3.05, 3.63) is 35.6 Å². The summed E-state index contributed by atoms with van der Waals surface area (Å²) in [5.41, 5.74) is 0.778. The third kappa shape index (κ3) is 5.61. The largest absolute Gasteiger partial charge is 0.393 e. The lowest BCUT2D eigenvalue weighted by molar-refractivity contribution is 0.158. The van der Waals surface area contributed by atoms with Gasteiger partial charge in [-0.3, -0.25) is 0 Å². The highest BCUT2D eigenvalue weighted by Gasteiger charge is 2.06. The second-order valence-electron chi connectivity index (χ2n) is 4.84. The molecule has 0 aliphatic heterocycles. The number of halogens is 1. The van der Waals surface area contributed by atoms with E-state index >= 15 is 0 Å². The van der Waals surface area contributed by atoms with Gasteiger partial charge in [0, 0.05) is 6.04 Å². The normalized spacial score (nSPS) is 14.4. The molecule has 0 bridgehead atoms. The standard InChI is InChI=1S/C15H24FNO/c1-3-14(18)10-11-17-12(2)8-9-13-6-4-5-7-15(13)16/h4-7,12,14,17-18H,3,8-11H2,1-2H3. The number of benzene rings is 1. The molecule has 0 saturated carbocycles. The molecule has 0 aromatic heterocycles. The van der Waals surface area contributed by atoms with Gasteiger partial charge in [0.15, 0.2) is 0 Å². The summed E-state index contributed by atoms with van der Waals surface area (Å²) in [7, 11) is 0. The number of hydrogen-bond donors (Lipinski definition) is 2. The molecule has 1 aromatic rings. The fourth-order valence-electron chi connectivity index (χ4n) is 1.88. The average Bonchev–Trinajstić information content (AvgIpc) is 2.37. The Morgan fingerprint density at radius 1 is 1.28 bits per heavy atom. The third-order valence-corrected chi connectivity index (χ3v) is 3.25. The molecule has 2 nitrogen and oxygen atoms in total. The van der Waals surface area contributed by atoms with Gasteiger partial charge in [-0.05, 0) is 50.8 Å². The van der Waals surface area contributed by atoms with Gasteiger partial charge >= 0.3 is 0 Å². The van der Waals surface area contributed by atoms with Crippen LogP contribution in [-0.4, -0.2) is 23.8 Å². The van der Waals surface area contributed by atoms with Gasteiger partial charge in [0.05, 0.1) is 6.10 Å². The van der Waals surface area contributed by atoms with E-state index in [4.69, 9.17) is 0 Å². The van der Waals surface area contributed by atoms with E-state index in [0.29, 0.717) is 6.04 Å². The van der Waals surface area contributed by atoms with Crippen molar-refractivity contribution in [1.82, 2.24) is 5.32 Å². The summed E-state index contributed by atoms with van der Waals surface area (Å²) in [6, 6.07) is 7.27. The first-order chi connectivity index (χ1) is 8.63. The molecule has 2 N–H and O–H groups in total. The van der Waals surface area contributed by atoms with Crippen LogP contribution in [0.3, 0.4) is 0 Å². The summed E-state index contributed by atoms with van der Waals surface area (Å²) < 4.78 is 13.4. The minimum absolute atomic E-state index is 0.119. The summed E-state index contributed by atoms with van der Waals surface area (Å²) in [5, 5.41) is 12.8. The summed E-state index contributed by atoms with van der Waals surface area (Å²) in [6.45, 7) is 4.89. The Morgan fingerprint density at radius 2 is 2.00 bits per heavy atom. The monoisotopic (exact) mass is 253 g/mol. The highest BCUT2D eigenvalue weighted by Crippen LogP contribution is 2.10. The molecule has 0 heterocycles. The van der Waals surface area contributed by atoms with Crippen LogP contribution in [-0.2, 0) is 6.42 Å². The Balaban J connectivity index is 2.21. The van der Waals surface area contributed by atoms with E-state index in [1.54, 1.807) is 6.07 Å². The van der Waals surface area contributed by atoms with Gasteiger partial charge in [-0.15, -0.1) is 0 Å². The van der Waals surface area contributed by atoms with E-state index in [1.807, 2.05) is 19.1 Å². The van der Waals surface area contributed by atoms with E-state index in [2.05, 4.69) is 12.2 Å². The molecular weight excluding hydrogens is 229 g/mol. The molecule has 0 aliphatic rings. The highest BCUT2D eigenvalue weighted by molar-refractivity contribution is 5.17. The summed E-state index contributed by atoms with van der Waals surface area (Å²) >= 11 is 0. The van der Waals surface area contributed by atoms with E-state index in [1.165, 1.54) is 6.07 Å². The molecule has 0 radical (unpaired) electrons. The molecule has 1 aromatic carbocycles. The van der Waals surface area contributed by atoms with Gasteiger partial charge in [-0.2, -0.15) is 0 Å². The van der Waals surface area contributed by atoms with Crippen LogP contribution in [0.1, 0.15) is 38.7 Å². The first-order valence-corrected chi connectivity index (χ1v) is 6.78. The molecule has 0 amide bonds. The third-order valence-electron chi connectivity index (χ3n) is 3.25. The molecule has 1 rings (SSSR count). The van der Waals surface area contributed by atoms with E-state index < -0.39 is 0 Å². The van der Waals surface area contributed by atoms with Crippen LogP contribution in [0.4, 0.5) is 4.39 Å². The van der Waals surface area contributed by atoms with Crippen LogP contribution in [0.2, 0.25) is 0 Å². The van der Waals surface area contributed by atoms with Gasteiger partial charge in [0.1, 0.15) is 5.82 Å². The van der Waals surface area contributed by atoms with Crippen LogP contribution in [0.15, 0.2) is 24.3 Å². The fourth-order valence-corrected chi connectivity index (χ4v) is 1.88. The van der Waals surface area contributed by atoms with Gasteiger partial charge in [-0.25, -0.2) is 4.39 Å². The maximum Gasteiger partial charge on any atom is 0.126 e. The molecule has 2 unspecified atom stereocenters. The zero-order valence-electron chi connectivity index (χ0n) is 11.3. The summed E-state index contributed by atoms with van der Waals surface area (Å²) in [4.78, 5) is 0. The quantitative estimate of drug-likeness (QED) is 0.746. The number of nitrogens with one attached hydrogen (secondary N) is 1. The minimum atomic E-state index is -0.212. The lowest BCUT2D eigenvalue weighted by Gasteiger charge is -2.15. The van der Waals surface area contributed by atoms with E-state index in [-0.39, 0.29) is 11.9 Å². The molecule has 0 aliphatic carbocycles. The van der Waals surface area contributed by atoms with Crippen molar-refractivity contribution in [2.75, 3.05) is 6.54 Å². The average molecular weight is 253 g/mol. The zero-order chi connectivity index (χ0) is 13.4. The van der Waals surface area contributed by atoms with Crippen molar-refractivity contribution < 1.29 is 9.50 Å². The Hall–Kier alpha value is -0.930. The zero-order valence-corrected chi connectivity index (χ0v) is 11.3. The Bertz CT molecular complexity index is 343. The fraction of sp³-hybridized carbons (Fsp3) is 0.600. The summed E-state index contributed by atoms with van der Waals surface area (Å²) in [6.07, 6.45) is 3.02. The lowest BCUT2D eigenvalue weighted by atomic mass is 10.1. The lowest BCUT2D eigenvalue weighted by Crippen LogP contribution is -2.29. The first-order valence-electron chi connectivity index (χ1n) is 6.78. The molecular formula is C15H24FNO. The Kier molecular flexibility index (Phi) is 6.91. The molecule has 0 spiro atoms. The van der Waals surface area contributed by atoms with Crippen molar-refractivity contribution in [2.24, 2.45) is 0 Å². The Labute approximate surface area is 109 Å². The van der Waals surface area contributed by atoms with E-state index in [0.717, 1.165) is 37.8 Å². The van der Waals surface area contributed by atoms with Crippen LogP contribution < -0.4 is 5.32 Å². The summed E-state index contributed by atoms with van der Waals surface area (Å²) in [5.74, 6) is -0.119. The second-order valence-corrected chi connectivity index (χ2v) is 4.84. The second kappa shape index (κ2) is 8.22. The minimum Gasteiger partial charge on any atom is -0.393 e. The van der Waals surface area contributed by atoms with Crippen molar-refractivity contribution in [1.29, 1.82) is 0 Å². The number of rotatable bonds is 8. The number of aliphatic hydroxyl groups excluding tert-OH is 1.